The number of aromatic nitrogens is 2. The Balaban J connectivity index is 1.26. The second kappa shape index (κ2) is 9.97. The van der Waals surface area contributed by atoms with Gasteiger partial charge in [-0.15, -0.1) is 0 Å². The summed E-state index contributed by atoms with van der Waals surface area (Å²) in [4.78, 5) is 20.6. The molecule has 39 heavy (non-hydrogen) atoms. The lowest BCUT2D eigenvalue weighted by Crippen LogP contribution is -2.55. The summed E-state index contributed by atoms with van der Waals surface area (Å²) in [5.41, 5.74) is -1.29. The largest absolute Gasteiger partial charge is 0.456 e. The highest BCUT2D eigenvalue weighted by Crippen LogP contribution is 2.37. The summed E-state index contributed by atoms with van der Waals surface area (Å²) in [5.74, 6) is -3.38. The number of fused-ring (bicyclic) bond motifs is 1. The maximum absolute atomic E-state index is 14.7. The van der Waals surface area contributed by atoms with Crippen molar-refractivity contribution in [2.75, 3.05) is 23.7 Å². The molecule has 14 heteroatoms. The van der Waals surface area contributed by atoms with Crippen LogP contribution in [-0.2, 0) is 12.7 Å². The number of hydrogen-bond donors (Lipinski definition) is 3. The monoisotopic (exact) mass is 569 g/mol. The van der Waals surface area contributed by atoms with Crippen molar-refractivity contribution in [2.45, 2.75) is 18.6 Å². The predicted molar refractivity (Wildman–Crippen MR) is 132 cm³/mol. The molecule has 204 valence electrons. The molecule has 2 aromatic carbocycles. The molecule has 3 N–H and O–H groups in total. The Kier molecular flexibility index (Phi) is 6.81. The van der Waals surface area contributed by atoms with Gasteiger partial charge in [-0.05, 0) is 35.9 Å². The molecule has 1 aliphatic heterocycles. The number of urea groups is 1. The Morgan fingerprint density at radius 1 is 1.13 bits per heavy atom. The molecular formula is C25H18ClF6N5O2. The molecule has 0 radical (unpaired) electrons. The standard InChI is InChI=1S/C25H18ClF6N5O2/c26-17-9-34-22-21(17)20(5-6-33-22)39-15-3-4-19(18(27)8-15)36-23(38)35-14-2-1-13(16(7-14)25(30,31)32)10-37-11-24(28,29)12-37/h1-9H,10-12H2,(H,33,34)(H2,35,36,38). The molecule has 0 unspecified atom stereocenters. The first kappa shape index (κ1) is 26.6. The SMILES string of the molecule is O=C(Nc1ccc(CN2CC(F)(F)C2)c(C(F)(F)F)c1)Nc1ccc(Oc2ccnc3[nH]cc(Cl)c23)cc1F. The smallest absolute Gasteiger partial charge is 0.416 e. The normalized spacial score (nSPS) is 15.2. The number of pyridine rings is 1. The number of nitrogens with one attached hydrogen (secondary N) is 3. The van der Waals surface area contributed by atoms with E-state index in [2.05, 4.69) is 20.6 Å². The molecule has 0 atom stereocenters. The topological polar surface area (TPSA) is 82.3 Å². The Bertz CT molecular complexity index is 1550. The lowest BCUT2D eigenvalue weighted by molar-refractivity contribution is -0.143. The Hall–Kier alpha value is -3.97. The van der Waals surface area contributed by atoms with Gasteiger partial charge >= 0.3 is 12.2 Å². The fraction of sp³-hybridized carbons (Fsp3) is 0.200. The molecule has 5 rings (SSSR count). The van der Waals surface area contributed by atoms with Crippen LogP contribution >= 0.6 is 11.6 Å². The summed E-state index contributed by atoms with van der Waals surface area (Å²) >= 11 is 6.14. The molecule has 0 saturated carbocycles. The minimum Gasteiger partial charge on any atom is -0.456 e. The molecule has 1 aliphatic rings. The number of rotatable bonds is 6. The van der Waals surface area contributed by atoms with E-state index in [1.54, 1.807) is 6.07 Å². The maximum atomic E-state index is 14.7. The third kappa shape index (κ3) is 5.88. The van der Waals surface area contributed by atoms with E-state index in [0.29, 0.717) is 27.9 Å². The van der Waals surface area contributed by atoms with E-state index in [9.17, 15) is 31.1 Å². The molecule has 2 aromatic heterocycles. The van der Waals surface area contributed by atoms with Gasteiger partial charge in [-0.1, -0.05) is 17.7 Å². The highest BCUT2D eigenvalue weighted by molar-refractivity contribution is 6.36. The van der Waals surface area contributed by atoms with Crippen molar-refractivity contribution >= 4 is 40.0 Å². The summed E-state index contributed by atoms with van der Waals surface area (Å²) in [6.45, 7) is -1.58. The van der Waals surface area contributed by atoms with Gasteiger partial charge < -0.3 is 20.4 Å². The molecular weight excluding hydrogens is 552 g/mol. The molecule has 7 nitrogen and oxygen atoms in total. The van der Waals surface area contributed by atoms with E-state index in [1.165, 1.54) is 35.5 Å². The van der Waals surface area contributed by atoms with Crippen molar-refractivity contribution in [3.8, 4) is 11.5 Å². The molecule has 1 fully saturated rings. The van der Waals surface area contributed by atoms with E-state index in [1.807, 2.05) is 0 Å². The second-order valence-electron chi connectivity index (χ2n) is 8.86. The zero-order valence-corrected chi connectivity index (χ0v) is 20.4. The predicted octanol–water partition coefficient (Wildman–Crippen LogP) is 7.26. The molecule has 4 aromatic rings. The minimum atomic E-state index is -4.79. The van der Waals surface area contributed by atoms with Crippen LogP contribution in [0.3, 0.4) is 0 Å². The van der Waals surface area contributed by atoms with Crippen LogP contribution in [0.2, 0.25) is 5.02 Å². The van der Waals surface area contributed by atoms with Crippen molar-refractivity contribution < 1.29 is 35.9 Å². The summed E-state index contributed by atoms with van der Waals surface area (Å²) in [7, 11) is 0. The first-order chi connectivity index (χ1) is 18.4. The van der Waals surface area contributed by atoms with E-state index in [0.717, 1.165) is 12.1 Å². The molecule has 0 bridgehead atoms. The van der Waals surface area contributed by atoms with Crippen molar-refractivity contribution in [3.63, 3.8) is 0 Å². The quantitative estimate of drug-likeness (QED) is 0.213. The number of anilines is 2. The third-order valence-electron chi connectivity index (χ3n) is 5.88. The minimum absolute atomic E-state index is 0.0913. The highest BCUT2D eigenvalue weighted by Gasteiger charge is 2.44. The number of ether oxygens (including phenoxy) is 1. The zero-order valence-electron chi connectivity index (χ0n) is 19.7. The number of halogens is 7. The van der Waals surface area contributed by atoms with Crippen molar-refractivity contribution in [2.24, 2.45) is 0 Å². The van der Waals surface area contributed by atoms with Gasteiger partial charge in [0.1, 0.15) is 23.0 Å². The summed E-state index contributed by atoms with van der Waals surface area (Å²) < 4.78 is 87.3. The second-order valence-corrected chi connectivity index (χ2v) is 9.27. The van der Waals surface area contributed by atoms with Crippen LogP contribution in [0.1, 0.15) is 11.1 Å². The third-order valence-corrected chi connectivity index (χ3v) is 6.18. The number of amides is 2. The first-order valence-corrected chi connectivity index (χ1v) is 11.7. The number of likely N-dealkylation sites (tertiary alicyclic amines) is 1. The van der Waals surface area contributed by atoms with Crippen LogP contribution in [0.25, 0.3) is 11.0 Å². The number of hydrogen-bond acceptors (Lipinski definition) is 4. The zero-order chi connectivity index (χ0) is 27.9. The number of benzene rings is 2. The number of carbonyl (C=O) groups is 1. The van der Waals surface area contributed by atoms with Crippen molar-refractivity contribution in [3.05, 3.63) is 76.8 Å². The molecule has 0 spiro atoms. The number of H-pyrrole nitrogens is 1. The van der Waals surface area contributed by atoms with Gasteiger partial charge in [-0.25, -0.2) is 22.9 Å². The fourth-order valence-corrected chi connectivity index (χ4v) is 4.40. The van der Waals surface area contributed by atoms with Gasteiger partial charge in [-0.3, -0.25) is 4.90 Å². The van der Waals surface area contributed by atoms with Crippen LogP contribution in [0, 0.1) is 5.82 Å². The van der Waals surface area contributed by atoms with E-state index >= 15 is 0 Å². The van der Waals surface area contributed by atoms with Gasteiger partial charge in [0.25, 0.3) is 5.92 Å². The number of carbonyl (C=O) groups excluding carboxylic acids is 1. The summed E-state index contributed by atoms with van der Waals surface area (Å²) in [5, 5.41) is 5.30. The number of nitrogens with zero attached hydrogens (tertiary/aromatic N) is 2. The van der Waals surface area contributed by atoms with Gasteiger partial charge in [0.15, 0.2) is 0 Å². The van der Waals surface area contributed by atoms with E-state index in [-0.39, 0.29) is 29.2 Å². The van der Waals surface area contributed by atoms with Gasteiger partial charge in [0.05, 0.1) is 34.7 Å². The number of alkyl halides is 5. The van der Waals surface area contributed by atoms with Crippen LogP contribution in [0.4, 0.5) is 42.5 Å². The van der Waals surface area contributed by atoms with Gasteiger partial charge in [-0.2, -0.15) is 13.2 Å². The molecule has 0 aliphatic carbocycles. The van der Waals surface area contributed by atoms with Crippen LogP contribution in [-0.4, -0.2) is 39.9 Å². The fourth-order valence-electron chi connectivity index (χ4n) is 4.16. The van der Waals surface area contributed by atoms with E-state index in [4.69, 9.17) is 16.3 Å². The van der Waals surface area contributed by atoms with Gasteiger partial charge in [0.2, 0.25) is 0 Å². The van der Waals surface area contributed by atoms with Crippen molar-refractivity contribution in [1.29, 1.82) is 0 Å². The van der Waals surface area contributed by atoms with Crippen LogP contribution in [0.5, 0.6) is 11.5 Å². The van der Waals surface area contributed by atoms with Crippen molar-refractivity contribution in [1.82, 2.24) is 14.9 Å². The van der Waals surface area contributed by atoms with Crippen LogP contribution in [0.15, 0.2) is 54.9 Å². The molecule has 3 heterocycles. The average Bonchev–Trinajstić information content (AvgIpc) is 3.22. The lowest BCUT2D eigenvalue weighted by Gasteiger charge is -2.39. The van der Waals surface area contributed by atoms with E-state index < -0.39 is 42.6 Å². The first-order valence-electron chi connectivity index (χ1n) is 11.4. The Labute approximate surface area is 221 Å². The number of aromatic amines is 1. The highest BCUT2D eigenvalue weighted by atomic mass is 35.5. The summed E-state index contributed by atoms with van der Waals surface area (Å²) in [6.07, 6.45) is -1.79. The molecule has 1 saturated heterocycles. The molecule has 2 amide bonds. The van der Waals surface area contributed by atoms with Gasteiger partial charge in [0, 0.05) is 30.7 Å². The maximum Gasteiger partial charge on any atom is 0.416 e. The lowest BCUT2D eigenvalue weighted by atomic mass is 10.0. The Morgan fingerprint density at radius 2 is 1.90 bits per heavy atom. The Morgan fingerprint density at radius 3 is 2.59 bits per heavy atom. The summed E-state index contributed by atoms with van der Waals surface area (Å²) in [6, 6.07) is 7.15. The average molecular weight is 570 g/mol. The van der Waals surface area contributed by atoms with Crippen LogP contribution < -0.4 is 15.4 Å².